The van der Waals surface area contributed by atoms with E-state index in [9.17, 15) is 13.2 Å². The fourth-order valence-electron chi connectivity index (χ4n) is 2.22. The van der Waals surface area contributed by atoms with Gasteiger partial charge in [0.2, 0.25) is 0 Å². The minimum Gasteiger partial charge on any atom is -0.380 e. The molecule has 1 aromatic rings. The molecule has 2 nitrogen and oxygen atoms in total. The van der Waals surface area contributed by atoms with Crippen LogP contribution < -0.4 is 5.32 Å². The number of terminal acetylenes is 1. The molecule has 2 rings (SSSR count). The predicted molar refractivity (Wildman–Crippen MR) is 68.2 cm³/mol. The first-order chi connectivity index (χ1) is 9.11. The SMILES string of the molecule is C#CCN1CCC(Nc2ccc(F)c(F)c2F)CC1. The predicted octanol–water partition coefficient (Wildman–Crippen LogP) is 2.61. The Morgan fingerprint density at radius 2 is 1.89 bits per heavy atom. The van der Waals surface area contributed by atoms with Crippen LogP contribution in [0.2, 0.25) is 0 Å². The van der Waals surface area contributed by atoms with Crippen LogP contribution in [0.3, 0.4) is 0 Å². The highest BCUT2D eigenvalue weighted by atomic mass is 19.2. The quantitative estimate of drug-likeness (QED) is 0.669. The lowest BCUT2D eigenvalue weighted by Gasteiger charge is -2.31. The highest BCUT2D eigenvalue weighted by Crippen LogP contribution is 2.22. The number of hydrogen-bond donors (Lipinski definition) is 1. The molecule has 0 unspecified atom stereocenters. The van der Waals surface area contributed by atoms with Crippen molar-refractivity contribution >= 4 is 5.69 Å². The first kappa shape index (κ1) is 13.8. The second-order valence-corrected chi connectivity index (χ2v) is 4.62. The van der Waals surface area contributed by atoms with Gasteiger partial charge >= 0.3 is 0 Å². The molecule has 0 atom stereocenters. The van der Waals surface area contributed by atoms with Crippen LogP contribution in [0.4, 0.5) is 18.9 Å². The third-order valence-corrected chi connectivity index (χ3v) is 3.30. The van der Waals surface area contributed by atoms with E-state index in [1.54, 1.807) is 0 Å². The van der Waals surface area contributed by atoms with Gasteiger partial charge in [-0.1, -0.05) is 5.92 Å². The van der Waals surface area contributed by atoms with E-state index in [-0.39, 0.29) is 11.7 Å². The van der Waals surface area contributed by atoms with E-state index < -0.39 is 17.5 Å². The van der Waals surface area contributed by atoms with Gasteiger partial charge in [0.25, 0.3) is 0 Å². The van der Waals surface area contributed by atoms with Crippen molar-refractivity contribution in [2.45, 2.75) is 18.9 Å². The average Bonchev–Trinajstić information content (AvgIpc) is 2.42. The molecule has 1 aromatic carbocycles. The molecular formula is C14H15F3N2. The highest BCUT2D eigenvalue weighted by molar-refractivity contribution is 5.46. The average molecular weight is 268 g/mol. The molecule has 0 radical (unpaired) electrons. The Morgan fingerprint density at radius 3 is 2.53 bits per heavy atom. The van der Waals surface area contributed by atoms with Crippen molar-refractivity contribution in [2.75, 3.05) is 25.0 Å². The van der Waals surface area contributed by atoms with Crippen molar-refractivity contribution in [3.8, 4) is 12.3 Å². The molecule has 1 saturated heterocycles. The molecule has 0 aromatic heterocycles. The lowest BCUT2D eigenvalue weighted by molar-refractivity contribution is 0.243. The number of rotatable bonds is 3. The maximum absolute atomic E-state index is 13.5. The van der Waals surface area contributed by atoms with Gasteiger partial charge in [-0.05, 0) is 25.0 Å². The summed E-state index contributed by atoms with van der Waals surface area (Å²) in [7, 11) is 0. The largest absolute Gasteiger partial charge is 0.380 e. The van der Waals surface area contributed by atoms with Crippen LogP contribution in [0.5, 0.6) is 0 Å². The summed E-state index contributed by atoms with van der Waals surface area (Å²) in [6.07, 6.45) is 6.82. The monoisotopic (exact) mass is 268 g/mol. The standard InChI is InChI=1S/C14H15F3N2/c1-2-7-19-8-5-10(6-9-19)18-12-4-3-11(15)13(16)14(12)17/h1,3-4,10,18H,5-9H2. The Balaban J connectivity index is 1.96. The Bertz CT molecular complexity index is 488. The number of benzene rings is 1. The molecule has 0 spiro atoms. The summed E-state index contributed by atoms with van der Waals surface area (Å²) >= 11 is 0. The minimum absolute atomic E-state index is 0.00861. The summed E-state index contributed by atoms with van der Waals surface area (Å²) in [5, 5.41) is 2.92. The number of nitrogens with one attached hydrogen (secondary N) is 1. The summed E-state index contributed by atoms with van der Waals surface area (Å²) in [6.45, 7) is 2.23. The van der Waals surface area contributed by atoms with Gasteiger partial charge in [-0.2, -0.15) is 0 Å². The van der Waals surface area contributed by atoms with Crippen LogP contribution in [0.25, 0.3) is 0 Å². The van der Waals surface area contributed by atoms with Gasteiger partial charge in [-0.3, -0.25) is 4.90 Å². The Labute approximate surface area is 110 Å². The van der Waals surface area contributed by atoms with E-state index >= 15 is 0 Å². The van der Waals surface area contributed by atoms with Crippen molar-refractivity contribution in [3.63, 3.8) is 0 Å². The number of anilines is 1. The number of likely N-dealkylation sites (tertiary alicyclic amines) is 1. The van der Waals surface area contributed by atoms with Crippen molar-refractivity contribution in [3.05, 3.63) is 29.6 Å². The summed E-state index contributed by atoms with van der Waals surface area (Å²) in [4.78, 5) is 2.12. The topological polar surface area (TPSA) is 15.3 Å². The molecule has 0 aliphatic carbocycles. The van der Waals surface area contributed by atoms with E-state index in [0.29, 0.717) is 6.54 Å². The van der Waals surface area contributed by atoms with Crippen molar-refractivity contribution in [1.29, 1.82) is 0 Å². The molecule has 1 aliphatic heterocycles. The summed E-state index contributed by atoms with van der Waals surface area (Å²) in [5.41, 5.74) is 0.00861. The number of nitrogens with zero attached hydrogens (tertiary/aromatic N) is 1. The van der Waals surface area contributed by atoms with Gasteiger partial charge in [0.05, 0.1) is 12.2 Å². The van der Waals surface area contributed by atoms with Gasteiger partial charge in [-0.15, -0.1) is 6.42 Å². The zero-order valence-corrected chi connectivity index (χ0v) is 10.4. The molecule has 19 heavy (non-hydrogen) atoms. The maximum atomic E-state index is 13.5. The minimum atomic E-state index is -1.44. The van der Waals surface area contributed by atoms with Crippen molar-refractivity contribution in [1.82, 2.24) is 4.90 Å². The molecule has 102 valence electrons. The van der Waals surface area contributed by atoms with Gasteiger partial charge in [0.1, 0.15) is 0 Å². The molecule has 1 N–H and O–H groups in total. The fraction of sp³-hybridized carbons (Fsp3) is 0.429. The zero-order chi connectivity index (χ0) is 13.8. The van der Waals surface area contributed by atoms with E-state index in [2.05, 4.69) is 16.1 Å². The van der Waals surface area contributed by atoms with Crippen LogP contribution in [0.15, 0.2) is 12.1 Å². The molecule has 1 fully saturated rings. The third kappa shape index (κ3) is 3.21. The lowest BCUT2D eigenvalue weighted by atomic mass is 10.0. The first-order valence-corrected chi connectivity index (χ1v) is 6.17. The second-order valence-electron chi connectivity index (χ2n) is 4.62. The van der Waals surface area contributed by atoms with Gasteiger partial charge in [-0.25, -0.2) is 13.2 Å². The summed E-state index contributed by atoms with van der Waals surface area (Å²) in [6, 6.07) is 2.20. The molecule has 0 amide bonds. The number of piperidine rings is 1. The molecule has 0 saturated carbocycles. The normalized spacial score (nSPS) is 17.2. The van der Waals surface area contributed by atoms with E-state index in [4.69, 9.17) is 6.42 Å². The van der Waals surface area contributed by atoms with Crippen molar-refractivity contribution in [2.24, 2.45) is 0 Å². The van der Waals surface area contributed by atoms with Crippen molar-refractivity contribution < 1.29 is 13.2 Å². The fourth-order valence-corrected chi connectivity index (χ4v) is 2.22. The summed E-state index contributed by atoms with van der Waals surface area (Å²) in [5.74, 6) is -1.19. The maximum Gasteiger partial charge on any atom is 0.196 e. The highest BCUT2D eigenvalue weighted by Gasteiger charge is 2.21. The second kappa shape index (κ2) is 5.98. The first-order valence-electron chi connectivity index (χ1n) is 6.17. The third-order valence-electron chi connectivity index (χ3n) is 3.30. The molecule has 1 aliphatic rings. The van der Waals surface area contributed by atoms with Crippen LogP contribution >= 0.6 is 0 Å². The van der Waals surface area contributed by atoms with Crippen LogP contribution in [-0.2, 0) is 0 Å². The zero-order valence-electron chi connectivity index (χ0n) is 10.4. The van der Waals surface area contributed by atoms with E-state index in [0.717, 1.165) is 32.0 Å². The molecular weight excluding hydrogens is 253 g/mol. The Kier molecular flexibility index (Phi) is 4.33. The van der Waals surface area contributed by atoms with Crippen LogP contribution in [0, 0.1) is 29.8 Å². The smallest absolute Gasteiger partial charge is 0.196 e. The lowest BCUT2D eigenvalue weighted by Crippen LogP contribution is -2.39. The number of hydrogen-bond acceptors (Lipinski definition) is 2. The van der Waals surface area contributed by atoms with Crippen LogP contribution in [0.1, 0.15) is 12.8 Å². The van der Waals surface area contributed by atoms with Crippen LogP contribution in [-0.4, -0.2) is 30.6 Å². The van der Waals surface area contributed by atoms with Gasteiger partial charge in [0.15, 0.2) is 17.5 Å². The Hall–Kier alpha value is -1.67. The van der Waals surface area contributed by atoms with E-state index in [1.807, 2.05) is 0 Å². The summed E-state index contributed by atoms with van der Waals surface area (Å²) < 4.78 is 39.4. The molecule has 1 heterocycles. The van der Waals surface area contributed by atoms with Gasteiger partial charge in [0, 0.05) is 19.1 Å². The van der Waals surface area contributed by atoms with Gasteiger partial charge < -0.3 is 5.32 Å². The molecule has 5 heteroatoms. The number of halogens is 3. The Morgan fingerprint density at radius 1 is 1.21 bits per heavy atom. The molecule has 0 bridgehead atoms. The van der Waals surface area contributed by atoms with E-state index in [1.165, 1.54) is 6.07 Å².